The molecule has 18 nitrogen and oxygen atoms in total. The number of ether oxygens (including phenoxy) is 2. The molecule has 4 aromatic carbocycles. The number of rotatable bonds is 18. The lowest BCUT2D eigenvalue weighted by molar-refractivity contribution is -0.144. The van der Waals surface area contributed by atoms with E-state index in [1.165, 1.54) is 17.0 Å². The van der Waals surface area contributed by atoms with E-state index in [4.69, 9.17) is 26.1 Å². The quantitative estimate of drug-likeness (QED) is 0.0609. The number of carbonyl (C=O) groups is 4. The Morgan fingerprint density at radius 2 is 1.79 bits per heavy atom. The Labute approximate surface area is 473 Å². The first kappa shape index (κ1) is 57.4. The predicted molar refractivity (Wildman–Crippen MR) is 304 cm³/mol. The number of nitrogens with zero attached hydrogens (tertiary/aromatic N) is 8. The van der Waals surface area contributed by atoms with Crippen LogP contribution in [0, 0.1) is 35.4 Å². The molecule has 9 rings (SSSR count). The maximum absolute atomic E-state index is 17.2. The molecule has 0 unspecified atom stereocenters. The predicted octanol–water partition coefficient (Wildman–Crippen LogP) is 7.58. The van der Waals surface area contributed by atoms with Crippen molar-refractivity contribution in [2.45, 2.75) is 84.2 Å². The van der Waals surface area contributed by atoms with E-state index in [9.17, 15) is 34.7 Å². The fourth-order valence-electron chi connectivity index (χ4n) is 11.0. The molecular weight excluding hydrogens is 1060 g/mol. The molecule has 5 heterocycles. The number of β-amino-alcohol motifs (C(OH)–C–C–N with tert-alkyl or cyclic N) is 1. The number of thiazole rings is 1. The lowest BCUT2D eigenvalue weighted by atomic mass is 9.85. The number of carbonyl (C=O) groups excluding carboxylic acids is 4. The van der Waals surface area contributed by atoms with Gasteiger partial charge in [-0.1, -0.05) is 87.5 Å². The Balaban J connectivity index is 0.814. The minimum atomic E-state index is -1.02. The molecule has 0 saturated carbocycles. The molecule has 420 valence electrons. The van der Waals surface area contributed by atoms with Crippen molar-refractivity contribution in [2.75, 3.05) is 70.5 Å². The summed E-state index contributed by atoms with van der Waals surface area (Å²) in [4.78, 5) is 76.2. The molecule has 3 fully saturated rings. The fraction of sp³-hybridized carbons (Fsp3) is 0.424. The van der Waals surface area contributed by atoms with Crippen molar-refractivity contribution >= 4 is 74.1 Å². The van der Waals surface area contributed by atoms with E-state index in [2.05, 4.69) is 38.1 Å². The highest BCUT2D eigenvalue weighted by Gasteiger charge is 2.45. The number of aromatic hydroxyl groups is 1. The van der Waals surface area contributed by atoms with Crippen molar-refractivity contribution < 1.29 is 43.3 Å². The third-order valence-corrected chi connectivity index (χ3v) is 16.5. The second kappa shape index (κ2) is 24.6. The number of hydrogen-bond acceptors (Lipinski definition) is 15. The van der Waals surface area contributed by atoms with E-state index in [-0.39, 0.29) is 98.0 Å². The number of piperazine rings is 1. The first-order chi connectivity index (χ1) is 38.3. The van der Waals surface area contributed by atoms with Crippen LogP contribution < -0.4 is 20.3 Å². The summed E-state index contributed by atoms with van der Waals surface area (Å²) >= 11 is 8.51. The van der Waals surface area contributed by atoms with E-state index in [1.54, 1.807) is 33.9 Å². The largest absolute Gasteiger partial charge is 0.508 e. The minimum Gasteiger partial charge on any atom is -0.508 e. The van der Waals surface area contributed by atoms with Crippen molar-refractivity contribution in [1.29, 1.82) is 5.26 Å². The molecule has 6 aromatic rings. The number of nitriles is 1. The molecule has 0 aliphatic carbocycles. The number of aryl methyl sites for hydroxylation is 1. The number of aliphatic hydroxyl groups is 1. The summed E-state index contributed by atoms with van der Waals surface area (Å²) in [5.41, 5.74) is 4.26. The van der Waals surface area contributed by atoms with E-state index in [1.807, 2.05) is 88.0 Å². The van der Waals surface area contributed by atoms with Gasteiger partial charge in [0, 0.05) is 56.6 Å². The van der Waals surface area contributed by atoms with Gasteiger partial charge in [-0.3, -0.25) is 24.1 Å². The lowest BCUT2D eigenvalue weighted by Crippen LogP contribution is -2.58. The zero-order valence-electron chi connectivity index (χ0n) is 45.5. The summed E-state index contributed by atoms with van der Waals surface area (Å²) in [6.45, 7) is 15.6. The van der Waals surface area contributed by atoms with E-state index in [0.29, 0.717) is 53.7 Å². The molecule has 3 saturated heterocycles. The molecule has 80 heavy (non-hydrogen) atoms. The number of anilines is 1. The highest BCUT2D eigenvalue weighted by molar-refractivity contribution is 7.13. The van der Waals surface area contributed by atoms with Gasteiger partial charge in [-0.25, -0.2) is 9.37 Å². The van der Waals surface area contributed by atoms with Gasteiger partial charge in [0.15, 0.2) is 5.82 Å². The second-order valence-corrected chi connectivity index (χ2v) is 23.1. The fourth-order valence-corrected chi connectivity index (χ4v) is 12.1. The van der Waals surface area contributed by atoms with Crippen LogP contribution in [0.25, 0.3) is 43.2 Å². The summed E-state index contributed by atoms with van der Waals surface area (Å²) in [5.74, 6) is -2.06. The number of amides is 4. The number of hydrogen-bond donors (Lipinski definition) is 4. The van der Waals surface area contributed by atoms with Crippen LogP contribution in [-0.4, -0.2) is 153 Å². The monoisotopic (exact) mass is 1130 g/mol. The number of phenols is 1. The average Bonchev–Trinajstić information content (AvgIpc) is 4.28. The summed E-state index contributed by atoms with van der Waals surface area (Å²) in [6.07, 6.45) is 1.18. The van der Waals surface area contributed by atoms with Crippen LogP contribution in [0.4, 0.5) is 10.2 Å². The van der Waals surface area contributed by atoms with Crippen LogP contribution in [0.5, 0.6) is 11.8 Å². The normalized spacial score (nSPS) is 19.5. The summed E-state index contributed by atoms with van der Waals surface area (Å²) in [5, 5.41) is 38.8. The molecule has 21 heteroatoms. The molecule has 3 aliphatic heterocycles. The Bertz CT molecular complexity index is 3350. The van der Waals surface area contributed by atoms with Crippen molar-refractivity contribution in [2.24, 2.45) is 11.3 Å². The number of likely N-dealkylation sites (tertiary alicyclic amines) is 2. The maximum atomic E-state index is 17.2. The molecule has 4 amide bonds. The van der Waals surface area contributed by atoms with Crippen LogP contribution in [-0.2, 0) is 23.9 Å². The third kappa shape index (κ3) is 12.7. The first-order valence-corrected chi connectivity index (χ1v) is 28.1. The van der Waals surface area contributed by atoms with Gasteiger partial charge in [-0.15, -0.1) is 11.3 Å². The average molecular weight is 1130 g/mol. The molecule has 4 N–H and O–H groups in total. The highest BCUT2D eigenvalue weighted by atomic mass is 35.5. The molecule has 0 spiro atoms. The molecule has 6 atom stereocenters. The van der Waals surface area contributed by atoms with E-state index < -0.39 is 53.2 Å². The van der Waals surface area contributed by atoms with Crippen LogP contribution in [0.15, 0.2) is 84.9 Å². The van der Waals surface area contributed by atoms with E-state index >= 15 is 4.39 Å². The van der Waals surface area contributed by atoms with Gasteiger partial charge in [0.2, 0.25) is 23.6 Å². The Morgan fingerprint density at radius 3 is 2.51 bits per heavy atom. The number of aromatic nitrogens is 3. The molecule has 3 aliphatic rings. The van der Waals surface area contributed by atoms with Crippen LogP contribution in [0.2, 0.25) is 5.02 Å². The summed E-state index contributed by atoms with van der Waals surface area (Å²) in [7, 11) is 0. The Hall–Kier alpha value is -7.28. The Morgan fingerprint density at radius 1 is 1.01 bits per heavy atom. The second-order valence-electron chi connectivity index (χ2n) is 21.9. The topological polar surface area (TPSA) is 227 Å². The summed E-state index contributed by atoms with van der Waals surface area (Å²) in [6, 6.07) is 19.0. The van der Waals surface area contributed by atoms with Gasteiger partial charge in [-0.05, 0) is 89.9 Å². The number of halogens is 2. The van der Waals surface area contributed by atoms with Crippen molar-refractivity contribution in [3.05, 3.63) is 107 Å². The van der Waals surface area contributed by atoms with Crippen molar-refractivity contribution in [3.63, 3.8) is 0 Å². The first-order valence-electron chi connectivity index (χ1n) is 26.8. The third-order valence-electron chi connectivity index (χ3n) is 15.2. The SMILES string of the molecule is C=CC(=O)N1CCN(c2nc(OCCN3CC[C@@H](COCC(=O)N[C@H](C(=O)N4C[C@H](O)C[C@H]4C(=O)N[C@@H](C)c4ccc(-c5scnc5C)cc4)C(C)(C)C)C3)nc3c(F)c(-c4cc(O)cc5ccccc45)c(Cl)cc23)C[C@@H]1CC#N. The molecule has 0 radical (unpaired) electrons. The van der Waals surface area contributed by atoms with Gasteiger partial charge < -0.3 is 45.0 Å². The van der Waals surface area contributed by atoms with Gasteiger partial charge in [-0.2, -0.15) is 15.2 Å². The Kier molecular flexibility index (Phi) is 17.7. The smallest absolute Gasteiger partial charge is 0.319 e. The number of nitrogens with one attached hydrogen (secondary N) is 2. The van der Waals surface area contributed by atoms with E-state index in [0.717, 1.165) is 28.1 Å². The van der Waals surface area contributed by atoms with Gasteiger partial charge in [0.1, 0.15) is 42.4 Å². The maximum Gasteiger partial charge on any atom is 0.319 e. The zero-order chi connectivity index (χ0) is 57.0. The van der Waals surface area contributed by atoms with Gasteiger partial charge in [0.05, 0.1) is 58.4 Å². The molecule has 2 aromatic heterocycles. The highest BCUT2D eigenvalue weighted by Crippen LogP contribution is 2.43. The zero-order valence-corrected chi connectivity index (χ0v) is 47.0. The van der Waals surface area contributed by atoms with Crippen LogP contribution >= 0.6 is 22.9 Å². The number of phenolic OH excluding ortho intramolecular Hbond substituents is 1. The molecular formula is C59H66ClFN10O8S. The van der Waals surface area contributed by atoms with Crippen molar-refractivity contribution in [3.8, 4) is 39.4 Å². The van der Waals surface area contributed by atoms with Crippen molar-refractivity contribution in [1.82, 2.24) is 40.3 Å². The number of fused-ring (bicyclic) bond motifs is 2. The minimum absolute atomic E-state index is 0.0423. The van der Waals surface area contributed by atoms with Gasteiger partial charge >= 0.3 is 6.01 Å². The standard InChI is InChI=1S/C59H66ClFN10O8S/c1-7-49(75)70-21-20-69(29-40(70)16-18-62)55-45-27-46(60)50(44-25-41(72)24-39-10-8-9-11-43(39)44)51(61)52(45)66-58(67-55)79-23-22-68-19-17-36(28-68)31-78-32-48(74)65-54(59(4,5)6)57(77)71-30-42(73)26-47(71)56(76)64-34(2)37-12-14-38(15-13-37)53-35(3)63-33-80-53/h7-15,24-25,27,33-34,36,40,42,47,54,72-73H,1,16-17,19-23,26,28-32H2,2-6H3,(H,64,76)(H,65,74)/t34-,36+,40-,42+,47-,54+/m0/s1. The number of benzene rings is 4. The van der Waals surface area contributed by atoms with Crippen LogP contribution in [0.1, 0.15) is 64.3 Å². The number of aliphatic hydroxyl groups excluding tert-OH is 1. The molecule has 0 bridgehead atoms. The lowest BCUT2D eigenvalue weighted by Gasteiger charge is -2.41. The summed E-state index contributed by atoms with van der Waals surface area (Å²) < 4.78 is 29.4. The van der Waals surface area contributed by atoms with Gasteiger partial charge in [0.25, 0.3) is 0 Å². The van der Waals surface area contributed by atoms with Crippen LogP contribution in [0.3, 0.4) is 0 Å².